The molecule has 2 heterocycles. The Morgan fingerprint density at radius 2 is 1.88 bits per heavy atom. The Hall–Kier alpha value is -3.21. The van der Waals surface area contributed by atoms with Crippen LogP contribution in [0.1, 0.15) is 18.4 Å². The normalized spacial score (nSPS) is 13.4. The smallest absolute Gasteiger partial charge is 0.228 e. The Labute approximate surface area is 152 Å². The molecule has 3 aromatic rings. The van der Waals surface area contributed by atoms with E-state index in [0.717, 1.165) is 46.3 Å². The van der Waals surface area contributed by atoms with Crippen LogP contribution in [0.5, 0.6) is 0 Å². The number of amides is 1. The van der Waals surface area contributed by atoms with E-state index < -0.39 is 0 Å². The molecule has 2 aromatic heterocycles. The topological polar surface area (TPSA) is 80.9 Å². The monoisotopic (exact) mass is 344 g/mol. The Kier molecular flexibility index (Phi) is 4.13. The van der Waals surface area contributed by atoms with Gasteiger partial charge in [-0.2, -0.15) is 0 Å². The van der Waals surface area contributed by atoms with Crippen molar-refractivity contribution in [2.75, 3.05) is 11.1 Å². The van der Waals surface area contributed by atoms with Gasteiger partial charge in [0.15, 0.2) is 0 Å². The van der Waals surface area contributed by atoms with Crippen LogP contribution in [0.3, 0.4) is 0 Å². The number of benzene rings is 1. The Bertz CT molecular complexity index is 979. The summed E-state index contributed by atoms with van der Waals surface area (Å²) < 4.78 is 0. The number of aromatic nitrogens is 2. The average Bonchev–Trinajstić information content (AvgIpc) is 3.49. The maximum atomic E-state index is 12.0. The van der Waals surface area contributed by atoms with Gasteiger partial charge in [0, 0.05) is 41.3 Å². The van der Waals surface area contributed by atoms with E-state index in [1.165, 1.54) is 0 Å². The zero-order valence-electron chi connectivity index (χ0n) is 14.6. The van der Waals surface area contributed by atoms with Gasteiger partial charge in [-0.15, -0.1) is 0 Å². The summed E-state index contributed by atoms with van der Waals surface area (Å²) in [5, 5.41) is 2.89. The molecule has 3 N–H and O–H groups in total. The van der Waals surface area contributed by atoms with Gasteiger partial charge in [-0.3, -0.25) is 9.78 Å². The summed E-state index contributed by atoms with van der Waals surface area (Å²) in [5.74, 6) is 0.777. The van der Waals surface area contributed by atoms with Crippen LogP contribution in [-0.4, -0.2) is 15.9 Å². The van der Waals surface area contributed by atoms with Gasteiger partial charge in [-0.25, -0.2) is 4.98 Å². The van der Waals surface area contributed by atoms with Crippen molar-refractivity contribution in [2.45, 2.75) is 19.8 Å². The zero-order chi connectivity index (χ0) is 18.1. The summed E-state index contributed by atoms with van der Waals surface area (Å²) >= 11 is 0. The van der Waals surface area contributed by atoms with Crippen molar-refractivity contribution in [1.82, 2.24) is 9.97 Å². The van der Waals surface area contributed by atoms with Crippen molar-refractivity contribution < 1.29 is 4.79 Å². The van der Waals surface area contributed by atoms with Crippen LogP contribution in [0.15, 0.2) is 55.0 Å². The van der Waals surface area contributed by atoms with Gasteiger partial charge in [0.05, 0.1) is 0 Å². The summed E-state index contributed by atoms with van der Waals surface area (Å²) in [6.07, 6.45) is 7.29. The fraction of sp³-hybridized carbons (Fsp3) is 0.190. The number of pyridine rings is 2. The highest BCUT2D eigenvalue weighted by atomic mass is 16.2. The lowest BCUT2D eigenvalue weighted by atomic mass is 9.98. The quantitative estimate of drug-likeness (QED) is 0.700. The van der Waals surface area contributed by atoms with Crippen LogP contribution < -0.4 is 11.1 Å². The Balaban J connectivity index is 1.66. The fourth-order valence-electron chi connectivity index (χ4n) is 2.95. The number of anilines is 2. The molecule has 4 rings (SSSR count). The van der Waals surface area contributed by atoms with E-state index in [0.29, 0.717) is 5.82 Å². The maximum Gasteiger partial charge on any atom is 0.228 e. The number of carbonyl (C=O) groups excluding carboxylic acids is 1. The molecule has 0 spiro atoms. The predicted molar refractivity (Wildman–Crippen MR) is 103 cm³/mol. The molecule has 5 heteroatoms. The first-order valence-corrected chi connectivity index (χ1v) is 8.69. The second-order valence-corrected chi connectivity index (χ2v) is 6.73. The first-order valence-electron chi connectivity index (χ1n) is 8.69. The largest absolute Gasteiger partial charge is 0.399 e. The summed E-state index contributed by atoms with van der Waals surface area (Å²) in [6.45, 7) is 2.05. The number of nitrogen functional groups attached to an aromatic ring is 1. The zero-order valence-corrected chi connectivity index (χ0v) is 14.6. The van der Waals surface area contributed by atoms with Crippen molar-refractivity contribution in [1.29, 1.82) is 0 Å². The molecule has 1 aliphatic rings. The number of nitrogens with two attached hydrogens (primary N) is 1. The van der Waals surface area contributed by atoms with Crippen LogP contribution in [-0.2, 0) is 4.79 Å². The van der Waals surface area contributed by atoms with Gasteiger partial charge in [0.1, 0.15) is 5.82 Å². The highest BCUT2D eigenvalue weighted by Gasteiger charge is 2.29. The SMILES string of the molecule is Cc1ccc(N)cc1-c1cncc(-c2ccnc(NC(=O)C3CC3)c2)c1. The average molecular weight is 344 g/mol. The van der Waals surface area contributed by atoms with Gasteiger partial charge in [0.2, 0.25) is 5.91 Å². The predicted octanol–water partition coefficient (Wildman–Crippen LogP) is 4.05. The molecule has 0 aliphatic heterocycles. The van der Waals surface area contributed by atoms with E-state index in [9.17, 15) is 4.79 Å². The number of nitrogens with one attached hydrogen (secondary N) is 1. The number of rotatable bonds is 4. The van der Waals surface area contributed by atoms with E-state index >= 15 is 0 Å². The van der Waals surface area contributed by atoms with E-state index in [1.807, 2.05) is 42.7 Å². The molecule has 5 nitrogen and oxygen atoms in total. The van der Waals surface area contributed by atoms with Crippen molar-refractivity contribution >= 4 is 17.4 Å². The van der Waals surface area contributed by atoms with Crippen LogP contribution in [0.2, 0.25) is 0 Å². The standard InChI is InChI=1S/C21H20N4O/c1-13-2-5-18(22)10-19(13)17-8-16(11-23-12-17)15-6-7-24-20(9-15)25-21(26)14-3-4-14/h2,5-12,14H,3-4,22H2,1H3,(H,24,25,26). The van der Waals surface area contributed by atoms with Gasteiger partial charge in [0.25, 0.3) is 0 Å². The number of hydrogen-bond acceptors (Lipinski definition) is 4. The van der Waals surface area contributed by atoms with Crippen LogP contribution in [0.4, 0.5) is 11.5 Å². The highest BCUT2D eigenvalue weighted by molar-refractivity contribution is 5.93. The van der Waals surface area contributed by atoms with Crippen molar-refractivity contribution in [3.8, 4) is 22.3 Å². The number of aryl methyl sites for hydroxylation is 1. The number of hydrogen-bond donors (Lipinski definition) is 2. The number of nitrogens with zero attached hydrogens (tertiary/aromatic N) is 2. The minimum atomic E-state index is 0.0527. The van der Waals surface area contributed by atoms with Gasteiger partial charge < -0.3 is 11.1 Å². The molecule has 26 heavy (non-hydrogen) atoms. The van der Waals surface area contributed by atoms with Gasteiger partial charge in [-0.1, -0.05) is 6.07 Å². The second-order valence-electron chi connectivity index (χ2n) is 6.73. The first-order chi connectivity index (χ1) is 12.6. The molecular formula is C21H20N4O. The molecule has 1 fully saturated rings. The Morgan fingerprint density at radius 1 is 1.08 bits per heavy atom. The molecule has 0 radical (unpaired) electrons. The van der Waals surface area contributed by atoms with E-state index in [4.69, 9.17) is 5.73 Å². The first kappa shape index (κ1) is 16.3. The van der Waals surface area contributed by atoms with Crippen LogP contribution >= 0.6 is 0 Å². The lowest BCUT2D eigenvalue weighted by Gasteiger charge is -2.10. The lowest BCUT2D eigenvalue weighted by molar-refractivity contribution is -0.117. The third kappa shape index (κ3) is 3.42. The van der Waals surface area contributed by atoms with Crippen molar-refractivity contribution in [3.63, 3.8) is 0 Å². The van der Waals surface area contributed by atoms with Crippen LogP contribution in [0.25, 0.3) is 22.3 Å². The summed E-state index contributed by atoms with van der Waals surface area (Å²) in [7, 11) is 0. The van der Waals surface area contributed by atoms with E-state index in [-0.39, 0.29) is 11.8 Å². The molecule has 0 bridgehead atoms. The molecule has 1 amide bonds. The maximum absolute atomic E-state index is 12.0. The minimum absolute atomic E-state index is 0.0527. The fourth-order valence-corrected chi connectivity index (χ4v) is 2.95. The van der Waals surface area contributed by atoms with Gasteiger partial charge in [-0.05, 0) is 66.8 Å². The van der Waals surface area contributed by atoms with Crippen molar-refractivity contribution in [3.05, 3.63) is 60.6 Å². The molecule has 1 saturated carbocycles. The Morgan fingerprint density at radius 3 is 2.69 bits per heavy atom. The molecule has 130 valence electrons. The lowest BCUT2D eigenvalue weighted by Crippen LogP contribution is -2.14. The van der Waals surface area contributed by atoms with Gasteiger partial charge >= 0.3 is 0 Å². The highest BCUT2D eigenvalue weighted by Crippen LogP contribution is 2.31. The molecule has 0 unspecified atom stereocenters. The third-order valence-corrected chi connectivity index (χ3v) is 4.60. The van der Waals surface area contributed by atoms with Crippen LogP contribution in [0, 0.1) is 12.8 Å². The molecule has 1 aliphatic carbocycles. The summed E-state index contributed by atoms with van der Waals surface area (Å²) in [4.78, 5) is 20.6. The van der Waals surface area contributed by atoms with E-state index in [1.54, 1.807) is 6.20 Å². The summed E-state index contributed by atoms with van der Waals surface area (Å²) in [6, 6.07) is 11.7. The molecule has 0 atom stereocenters. The summed E-state index contributed by atoms with van der Waals surface area (Å²) in [5.41, 5.74) is 11.8. The van der Waals surface area contributed by atoms with E-state index in [2.05, 4.69) is 28.3 Å². The third-order valence-electron chi connectivity index (χ3n) is 4.60. The minimum Gasteiger partial charge on any atom is -0.399 e. The molecule has 0 saturated heterocycles. The number of carbonyl (C=O) groups is 1. The second kappa shape index (κ2) is 6.59. The molecular weight excluding hydrogens is 324 g/mol. The molecule has 1 aromatic carbocycles. The van der Waals surface area contributed by atoms with Crippen molar-refractivity contribution in [2.24, 2.45) is 5.92 Å².